The van der Waals surface area contributed by atoms with Crippen molar-refractivity contribution >= 4 is 17.1 Å². The van der Waals surface area contributed by atoms with Crippen LogP contribution in [-0.2, 0) is 16.2 Å². The molecule has 0 saturated heterocycles. The van der Waals surface area contributed by atoms with Gasteiger partial charge in [-0.2, -0.15) is 0 Å². The minimum Gasteiger partial charge on any atom is -0.310 e. The Morgan fingerprint density at radius 3 is 1.34 bits per heavy atom. The summed E-state index contributed by atoms with van der Waals surface area (Å²) in [5.41, 5.74) is 23.9. The first kappa shape index (κ1) is 36.6. The zero-order chi connectivity index (χ0) is 41.8. The molecule has 1 heteroatoms. The van der Waals surface area contributed by atoms with E-state index in [9.17, 15) is 0 Å². The van der Waals surface area contributed by atoms with Crippen molar-refractivity contribution in [3.05, 3.63) is 257 Å². The molecule has 0 amide bonds. The van der Waals surface area contributed by atoms with Crippen LogP contribution in [0.3, 0.4) is 0 Å². The van der Waals surface area contributed by atoms with Gasteiger partial charge in [-0.3, -0.25) is 0 Å². The summed E-state index contributed by atoms with van der Waals surface area (Å²) in [6.45, 7) is 9.68. The van der Waals surface area contributed by atoms with Gasteiger partial charge in [-0.15, -0.1) is 0 Å². The first-order valence-electron chi connectivity index (χ1n) is 22.0. The van der Waals surface area contributed by atoms with Gasteiger partial charge in [0, 0.05) is 27.9 Å². The Bertz CT molecular complexity index is 3170. The second-order valence-electron chi connectivity index (χ2n) is 18.4. The van der Waals surface area contributed by atoms with Crippen LogP contribution in [0.1, 0.15) is 72.2 Å². The summed E-state index contributed by atoms with van der Waals surface area (Å²) in [6, 6.07) is 79.4. The van der Waals surface area contributed by atoms with E-state index in [1.165, 1.54) is 89.0 Å². The fourth-order valence-electron chi connectivity index (χ4n) is 11.7. The molecule has 0 atom stereocenters. The molecule has 0 saturated carbocycles. The molecule has 0 aromatic heterocycles. The molecule has 0 heterocycles. The third kappa shape index (κ3) is 4.97. The van der Waals surface area contributed by atoms with Crippen LogP contribution >= 0.6 is 0 Å². The van der Waals surface area contributed by atoms with Crippen molar-refractivity contribution in [2.45, 2.75) is 43.9 Å². The number of rotatable bonds is 6. The van der Waals surface area contributed by atoms with Crippen molar-refractivity contribution in [3.8, 4) is 44.5 Å². The number of para-hydroxylation sites is 1. The molecule has 3 aliphatic rings. The highest BCUT2D eigenvalue weighted by atomic mass is 15.1. The maximum atomic E-state index is 2.57. The smallest absolute Gasteiger partial charge is 0.0714 e. The standard InChI is InChI=1S/C61H47N/c1-59(2)50-31-19-18-30-48(50)57-54(59)39-55-58(56(57)40-21-9-5-10-22-40)49-36-34-44(37-52(49)60(55,3)4)62(43-27-15-8-16-28-43)45-33-35-47-46-29-17-20-32-51(46)61(53(47)38-45,41-23-11-6-12-24-41)42-25-13-7-14-26-42/h5-39H,1-4H3. The number of fused-ring (bicyclic) bond motifs is 9. The predicted molar refractivity (Wildman–Crippen MR) is 259 cm³/mol. The SMILES string of the molecule is CC1(C)c2ccccc2-c2c1cc1c(c2-c2ccccc2)-c2ccc(N(c3ccccc3)c3ccc4c(c3)C(c3ccccc3)(c3ccccc3)c3ccccc3-4)cc2C1(C)C. The normalized spacial score (nSPS) is 15.2. The largest absolute Gasteiger partial charge is 0.310 e. The van der Waals surface area contributed by atoms with Gasteiger partial charge in [-0.05, 0) is 125 Å². The van der Waals surface area contributed by atoms with Crippen LogP contribution in [0.15, 0.2) is 212 Å². The van der Waals surface area contributed by atoms with Crippen LogP contribution in [-0.4, -0.2) is 0 Å². The second kappa shape index (κ2) is 13.4. The summed E-state index contributed by atoms with van der Waals surface area (Å²) in [5.74, 6) is 0. The summed E-state index contributed by atoms with van der Waals surface area (Å²) in [5, 5.41) is 0. The van der Waals surface area contributed by atoms with Crippen LogP contribution in [0, 0.1) is 0 Å². The van der Waals surface area contributed by atoms with E-state index in [2.05, 4.69) is 245 Å². The van der Waals surface area contributed by atoms with Crippen LogP contribution < -0.4 is 4.90 Å². The maximum absolute atomic E-state index is 2.57. The lowest BCUT2D eigenvalue weighted by Crippen LogP contribution is -2.28. The Balaban J connectivity index is 1.09. The molecule has 0 bridgehead atoms. The molecule has 296 valence electrons. The fourth-order valence-corrected chi connectivity index (χ4v) is 11.7. The van der Waals surface area contributed by atoms with Crippen molar-refractivity contribution in [2.75, 3.05) is 4.90 Å². The van der Waals surface area contributed by atoms with E-state index in [1.807, 2.05) is 0 Å². The monoisotopic (exact) mass is 793 g/mol. The molecule has 0 fully saturated rings. The average molecular weight is 794 g/mol. The van der Waals surface area contributed by atoms with E-state index in [0.29, 0.717) is 0 Å². The van der Waals surface area contributed by atoms with Gasteiger partial charge in [-0.25, -0.2) is 0 Å². The lowest BCUT2D eigenvalue weighted by molar-refractivity contribution is 0.639. The number of hydrogen-bond donors (Lipinski definition) is 0. The predicted octanol–water partition coefficient (Wildman–Crippen LogP) is 15.8. The van der Waals surface area contributed by atoms with E-state index in [-0.39, 0.29) is 10.8 Å². The van der Waals surface area contributed by atoms with Crippen LogP contribution in [0.4, 0.5) is 17.1 Å². The van der Waals surface area contributed by atoms with Gasteiger partial charge in [0.15, 0.2) is 0 Å². The summed E-state index contributed by atoms with van der Waals surface area (Å²) < 4.78 is 0. The van der Waals surface area contributed by atoms with Gasteiger partial charge in [-0.1, -0.05) is 204 Å². The first-order valence-corrected chi connectivity index (χ1v) is 22.0. The van der Waals surface area contributed by atoms with Gasteiger partial charge in [0.05, 0.1) is 5.41 Å². The summed E-state index contributed by atoms with van der Waals surface area (Å²) in [4.78, 5) is 2.47. The number of hydrogen-bond acceptors (Lipinski definition) is 1. The van der Waals surface area contributed by atoms with Crippen molar-refractivity contribution in [1.82, 2.24) is 0 Å². The molecule has 0 radical (unpaired) electrons. The van der Waals surface area contributed by atoms with E-state index < -0.39 is 5.41 Å². The van der Waals surface area contributed by atoms with E-state index in [0.717, 1.165) is 17.1 Å². The molecular weight excluding hydrogens is 747 g/mol. The van der Waals surface area contributed by atoms with Gasteiger partial charge in [0.1, 0.15) is 0 Å². The molecule has 12 rings (SSSR count). The molecule has 0 aliphatic heterocycles. The van der Waals surface area contributed by atoms with E-state index in [1.54, 1.807) is 0 Å². The zero-order valence-corrected chi connectivity index (χ0v) is 35.7. The Hall–Kier alpha value is -7.22. The molecule has 0 spiro atoms. The van der Waals surface area contributed by atoms with E-state index >= 15 is 0 Å². The van der Waals surface area contributed by atoms with Crippen molar-refractivity contribution in [2.24, 2.45) is 0 Å². The van der Waals surface area contributed by atoms with Crippen LogP contribution in [0.25, 0.3) is 44.5 Å². The highest BCUT2D eigenvalue weighted by Gasteiger charge is 2.47. The highest BCUT2D eigenvalue weighted by molar-refractivity contribution is 6.04. The van der Waals surface area contributed by atoms with Crippen molar-refractivity contribution in [3.63, 3.8) is 0 Å². The van der Waals surface area contributed by atoms with Gasteiger partial charge >= 0.3 is 0 Å². The summed E-state index contributed by atoms with van der Waals surface area (Å²) in [7, 11) is 0. The maximum Gasteiger partial charge on any atom is 0.0714 e. The number of benzene rings is 9. The molecule has 9 aromatic rings. The minimum absolute atomic E-state index is 0.118. The third-order valence-corrected chi connectivity index (χ3v) is 14.5. The Morgan fingerprint density at radius 1 is 0.290 bits per heavy atom. The number of nitrogens with zero attached hydrogens (tertiary/aromatic N) is 1. The summed E-state index contributed by atoms with van der Waals surface area (Å²) in [6.07, 6.45) is 0. The molecule has 62 heavy (non-hydrogen) atoms. The van der Waals surface area contributed by atoms with Crippen molar-refractivity contribution in [1.29, 1.82) is 0 Å². The lowest BCUT2D eigenvalue weighted by atomic mass is 9.67. The Labute approximate surface area is 365 Å². The molecule has 1 nitrogen and oxygen atoms in total. The Morgan fingerprint density at radius 2 is 0.726 bits per heavy atom. The molecule has 9 aromatic carbocycles. The molecule has 3 aliphatic carbocycles. The minimum atomic E-state index is -0.491. The van der Waals surface area contributed by atoms with Crippen LogP contribution in [0.5, 0.6) is 0 Å². The fraction of sp³-hybridized carbons (Fsp3) is 0.115. The van der Waals surface area contributed by atoms with Crippen LogP contribution in [0.2, 0.25) is 0 Å². The molecular formula is C61H47N. The highest BCUT2D eigenvalue weighted by Crippen LogP contribution is 2.62. The lowest BCUT2D eigenvalue weighted by Gasteiger charge is -2.35. The van der Waals surface area contributed by atoms with Gasteiger partial charge < -0.3 is 4.90 Å². The first-order chi connectivity index (χ1) is 30.3. The Kier molecular flexibility index (Phi) is 7.91. The molecule has 0 N–H and O–H groups in total. The van der Waals surface area contributed by atoms with E-state index in [4.69, 9.17) is 0 Å². The topological polar surface area (TPSA) is 3.24 Å². The third-order valence-electron chi connectivity index (χ3n) is 14.5. The van der Waals surface area contributed by atoms with Crippen molar-refractivity contribution < 1.29 is 0 Å². The van der Waals surface area contributed by atoms with Gasteiger partial charge in [0.2, 0.25) is 0 Å². The van der Waals surface area contributed by atoms with Gasteiger partial charge in [0.25, 0.3) is 0 Å². The summed E-state index contributed by atoms with van der Waals surface area (Å²) >= 11 is 0. The average Bonchev–Trinajstić information content (AvgIpc) is 3.84. The molecule has 0 unspecified atom stereocenters. The number of anilines is 3. The second-order valence-corrected chi connectivity index (χ2v) is 18.4. The quantitative estimate of drug-likeness (QED) is 0.162. The zero-order valence-electron chi connectivity index (χ0n) is 35.7.